The molecule has 2 rings (SSSR count). The van der Waals surface area contributed by atoms with Gasteiger partial charge < -0.3 is 9.47 Å². The molecular weight excluding hydrogens is 316 g/mol. The first-order chi connectivity index (χ1) is 10.6. The van der Waals surface area contributed by atoms with Gasteiger partial charge in [0.15, 0.2) is 0 Å². The zero-order chi connectivity index (χ0) is 15.9. The van der Waals surface area contributed by atoms with Gasteiger partial charge in [0.1, 0.15) is 21.6 Å². The summed E-state index contributed by atoms with van der Waals surface area (Å²) < 4.78 is 10.1. The van der Waals surface area contributed by atoms with Gasteiger partial charge in [0.25, 0.3) is 0 Å². The van der Waals surface area contributed by atoms with Crippen molar-refractivity contribution in [3.63, 3.8) is 0 Å². The highest BCUT2D eigenvalue weighted by Crippen LogP contribution is 2.35. The number of hydrogen-bond donors (Lipinski definition) is 0. The van der Waals surface area contributed by atoms with Crippen molar-refractivity contribution in [1.82, 2.24) is 9.97 Å². The van der Waals surface area contributed by atoms with E-state index in [0.29, 0.717) is 11.5 Å². The molecule has 0 bridgehead atoms. The molecule has 6 heteroatoms. The van der Waals surface area contributed by atoms with Crippen LogP contribution in [0.3, 0.4) is 0 Å². The Kier molecular flexibility index (Phi) is 5.91. The summed E-state index contributed by atoms with van der Waals surface area (Å²) in [5.41, 5.74) is 1.75. The van der Waals surface area contributed by atoms with Crippen LogP contribution in [-0.2, 0) is 9.47 Å². The molecule has 0 radical (unpaired) electrons. The molecule has 0 aliphatic rings. The number of pyridine rings is 2. The van der Waals surface area contributed by atoms with E-state index in [-0.39, 0.29) is 0 Å². The van der Waals surface area contributed by atoms with E-state index < -0.39 is 0 Å². The van der Waals surface area contributed by atoms with Gasteiger partial charge in [-0.2, -0.15) is 0 Å². The molecule has 2 aromatic rings. The summed E-state index contributed by atoms with van der Waals surface area (Å²) >= 11 is 0. The van der Waals surface area contributed by atoms with Crippen LogP contribution >= 0.6 is 21.6 Å². The molecule has 0 N–H and O–H groups in total. The second-order valence-electron chi connectivity index (χ2n) is 4.19. The molecule has 22 heavy (non-hydrogen) atoms. The van der Waals surface area contributed by atoms with Crippen molar-refractivity contribution in [3.8, 4) is 0 Å². The van der Waals surface area contributed by atoms with Gasteiger partial charge in [-0.3, -0.25) is 0 Å². The Morgan fingerprint density at radius 1 is 0.818 bits per heavy atom. The van der Waals surface area contributed by atoms with Crippen LogP contribution in [0.4, 0.5) is 0 Å². The third-order valence-corrected chi connectivity index (χ3v) is 5.00. The smallest absolute Gasteiger partial charge is 0.120 e. The van der Waals surface area contributed by atoms with E-state index in [1.54, 1.807) is 48.2 Å². The lowest BCUT2D eigenvalue weighted by atomic mass is 10.2. The molecule has 114 valence electrons. The highest BCUT2D eigenvalue weighted by Gasteiger charge is 2.04. The monoisotopic (exact) mass is 332 g/mol. The molecule has 4 nitrogen and oxygen atoms in total. The molecule has 0 saturated heterocycles. The number of ether oxygens (including phenoxy) is 2. The topological polar surface area (TPSA) is 44.2 Å². The summed E-state index contributed by atoms with van der Waals surface area (Å²) in [7, 11) is 6.26. The molecule has 0 aromatic carbocycles. The Morgan fingerprint density at radius 3 is 1.50 bits per heavy atom. The second-order valence-corrected chi connectivity index (χ2v) is 6.36. The highest BCUT2D eigenvalue weighted by atomic mass is 33.1. The highest BCUT2D eigenvalue weighted by molar-refractivity contribution is 8.76. The summed E-state index contributed by atoms with van der Waals surface area (Å²) in [4.78, 5) is 8.72. The van der Waals surface area contributed by atoms with E-state index in [9.17, 15) is 0 Å². The Labute approximate surface area is 138 Å². The number of hydrogen-bond acceptors (Lipinski definition) is 6. The number of aromatic nitrogens is 2. The molecule has 0 spiro atoms. The lowest BCUT2D eigenvalue weighted by molar-refractivity contribution is 0.371. The molecule has 0 saturated carbocycles. The number of methoxy groups -OCH3 is 2. The van der Waals surface area contributed by atoms with Gasteiger partial charge in [-0.05, 0) is 45.9 Å². The van der Waals surface area contributed by atoms with Gasteiger partial charge in [-0.1, -0.05) is 13.2 Å². The van der Waals surface area contributed by atoms with E-state index in [0.717, 1.165) is 21.2 Å². The fraction of sp³-hybridized carbons (Fsp3) is 0.125. The quantitative estimate of drug-likeness (QED) is 0.549. The Morgan fingerprint density at radius 2 is 1.23 bits per heavy atom. The Hall–Kier alpha value is -1.92. The van der Waals surface area contributed by atoms with E-state index in [1.165, 1.54) is 0 Å². The minimum absolute atomic E-state index is 0.604. The Balaban J connectivity index is 1.95. The molecular formula is C16H16N2O2S2. The van der Waals surface area contributed by atoms with Crippen molar-refractivity contribution >= 4 is 33.1 Å². The fourth-order valence-corrected chi connectivity index (χ4v) is 3.22. The largest absolute Gasteiger partial charge is 0.497 e. The van der Waals surface area contributed by atoms with Crippen LogP contribution in [0.2, 0.25) is 0 Å². The molecule has 2 heterocycles. The van der Waals surface area contributed by atoms with Gasteiger partial charge in [0, 0.05) is 23.5 Å². The molecule has 2 aromatic heterocycles. The number of nitrogens with zero attached hydrogens (tertiary/aromatic N) is 2. The normalized spacial score (nSPS) is 10.1. The van der Waals surface area contributed by atoms with E-state index in [2.05, 4.69) is 23.1 Å². The first-order valence-corrected chi connectivity index (χ1v) is 8.52. The van der Waals surface area contributed by atoms with Crippen molar-refractivity contribution in [2.75, 3.05) is 14.2 Å². The van der Waals surface area contributed by atoms with E-state index in [4.69, 9.17) is 9.47 Å². The average Bonchev–Trinajstić information content (AvgIpc) is 2.59. The first kappa shape index (κ1) is 16.5. The summed E-state index contributed by atoms with van der Waals surface area (Å²) in [6.07, 6.45) is 3.49. The lowest BCUT2D eigenvalue weighted by Crippen LogP contribution is -1.88. The van der Waals surface area contributed by atoms with E-state index >= 15 is 0 Å². The van der Waals surface area contributed by atoms with Crippen LogP contribution in [0.1, 0.15) is 11.1 Å². The van der Waals surface area contributed by atoms with Crippen LogP contribution in [0.5, 0.6) is 0 Å². The summed E-state index contributed by atoms with van der Waals surface area (Å²) in [6.45, 7) is 7.59. The molecule has 0 amide bonds. The maximum absolute atomic E-state index is 5.07. The fourth-order valence-electron chi connectivity index (χ4n) is 1.51. The van der Waals surface area contributed by atoms with Crippen LogP contribution in [0.25, 0.3) is 11.5 Å². The SMILES string of the molecule is C=C(OC)c1ccc(SSc2ccc(C(=C)OC)cn2)nc1. The molecule has 0 unspecified atom stereocenters. The Bertz CT molecular complexity index is 595. The van der Waals surface area contributed by atoms with Crippen molar-refractivity contribution < 1.29 is 9.47 Å². The second kappa shape index (κ2) is 7.91. The van der Waals surface area contributed by atoms with E-state index in [1.807, 2.05) is 24.3 Å². The summed E-state index contributed by atoms with van der Waals surface area (Å²) in [5.74, 6) is 1.21. The summed E-state index contributed by atoms with van der Waals surface area (Å²) in [5, 5.41) is 1.79. The van der Waals surface area contributed by atoms with Gasteiger partial charge in [0.05, 0.1) is 14.2 Å². The number of rotatable bonds is 7. The molecule has 0 atom stereocenters. The maximum Gasteiger partial charge on any atom is 0.120 e. The molecule has 0 aliphatic heterocycles. The van der Waals surface area contributed by atoms with Crippen molar-refractivity contribution in [3.05, 3.63) is 60.9 Å². The molecule has 0 aliphatic carbocycles. The van der Waals surface area contributed by atoms with Crippen LogP contribution in [0, 0.1) is 0 Å². The van der Waals surface area contributed by atoms with Crippen molar-refractivity contribution in [2.24, 2.45) is 0 Å². The third-order valence-electron chi connectivity index (χ3n) is 2.82. The lowest BCUT2D eigenvalue weighted by Gasteiger charge is -2.06. The van der Waals surface area contributed by atoms with Gasteiger partial charge in [-0.15, -0.1) is 0 Å². The third kappa shape index (κ3) is 4.29. The van der Waals surface area contributed by atoms with Crippen LogP contribution in [-0.4, -0.2) is 24.2 Å². The minimum atomic E-state index is 0.604. The summed E-state index contributed by atoms with van der Waals surface area (Å²) in [6, 6.07) is 7.72. The molecule has 0 fully saturated rings. The van der Waals surface area contributed by atoms with Crippen molar-refractivity contribution in [2.45, 2.75) is 10.1 Å². The predicted molar refractivity (Wildman–Crippen MR) is 92.3 cm³/mol. The van der Waals surface area contributed by atoms with Gasteiger partial charge in [-0.25, -0.2) is 9.97 Å². The van der Waals surface area contributed by atoms with Crippen LogP contribution in [0.15, 0.2) is 59.9 Å². The van der Waals surface area contributed by atoms with Gasteiger partial charge >= 0.3 is 0 Å². The standard InChI is InChI=1S/C16H16N2O2S2/c1-11(19-3)13-5-7-15(17-9-13)21-22-16-8-6-14(10-18-16)12(2)20-4/h5-10H,1-2H2,3-4H3. The van der Waals surface area contributed by atoms with Crippen molar-refractivity contribution in [1.29, 1.82) is 0 Å². The zero-order valence-electron chi connectivity index (χ0n) is 12.4. The maximum atomic E-state index is 5.07. The predicted octanol–water partition coefficient (Wildman–Crippen LogP) is 4.51. The van der Waals surface area contributed by atoms with Gasteiger partial charge in [0.2, 0.25) is 0 Å². The zero-order valence-corrected chi connectivity index (χ0v) is 14.0. The van der Waals surface area contributed by atoms with Crippen LogP contribution < -0.4 is 0 Å². The first-order valence-electron chi connectivity index (χ1n) is 6.37. The minimum Gasteiger partial charge on any atom is -0.497 e. The average molecular weight is 332 g/mol.